The molecule has 1 aliphatic carbocycles. The summed E-state index contributed by atoms with van der Waals surface area (Å²) in [4.78, 5) is 11.9. The maximum Gasteiger partial charge on any atom is 0.240 e. The zero-order valence-corrected chi connectivity index (χ0v) is 11.7. The average Bonchev–Trinajstić information content (AvgIpc) is 2.31. The van der Waals surface area contributed by atoms with Crippen molar-refractivity contribution in [2.75, 3.05) is 6.54 Å². The predicted octanol–water partition coefficient (Wildman–Crippen LogP) is 2.80. The number of rotatable bonds is 4. The van der Waals surface area contributed by atoms with Crippen molar-refractivity contribution >= 4 is 21.8 Å². The van der Waals surface area contributed by atoms with Crippen molar-refractivity contribution in [2.45, 2.75) is 25.7 Å². The SMILES string of the molecule is N#CC1(C(=O)NCCc2ccccc2Br)CCC1. The first kappa shape index (κ1) is 13.1. The van der Waals surface area contributed by atoms with E-state index in [1.54, 1.807) is 0 Å². The second-order valence-electron chi connectivity index (χ2n) is 4.64. The quantitative estimate of drug-likeness (QED) is 0.930. The van der Waals surface area contributed by atoms with E-state index in [-0.39, 0.29) is 5.91 Å². The van der Waals surface area contributed by atoms with E-state index in [0.717, 1.165) is 22.9 Å². The van der Waals surface area contributed by atoms with E-state index in [1.807, 2.05) is 24.3 Å². The third-order valence-corrected chi connectivity index (χ3v) is 4.27. The Hall–Kier alpha value is -1.34. The molecule has 0 radical (unpaired) electrons. The first-order valence-corrected chi connectivity index (χ1v) is 6.90. The minimum absolute atomic E-state index is 0.108. The van der Waals surface area contributed by atoms with Gasteiger partial charge in [0.25, 0.3) is 0 Å². The molecule has 2 rings (SSSR count). The second-order valence-corrected chi connectivity index (χ2v) is 5.50. The van der Waals surface area contributed by atoms with Crippen LogP contribution in [0.2, 0.25) is 0 Å². The van der Waals surface area contributed by atoms with E-state index in [4.69, 9.17) is 5.26 Å². The minimum Gasteiger partial charge on any atom is -0.354 e. The molecule has 1 N–H and O–H groups in total. The predicted molar refractivity (Wildman–Crippen MR) is 72.8 cm³/mol. The highest BCUT2D eigenvalue weighted by Crippen LogP contribution is 2.40. The molecule has 1 aromatic rings. The van der Waals surface area contributed by atoms with Gasteiger partial charge < -0.3 is 5.32 Å². The van der Waals surface area contributed by atoms with Gasteiger partial charge in [-0.3, -0.25) is 4.79 Å². The van der Waals surface area contributed by atoms with Gasteiger partial charge in [0.1, 0.15) is 5.41 Å². The van der Waals surface area contributed by atoms with Crippen LogP contribution in [0, 0.1) is 16.7 Å². The van der Waals surface area contributed by atoms with Gasteiger partial charge in [-0.2, -0.15) is 5.26 Å². The summed E-state index contributed by atoms with van der Waals surface area (Å²) >= 11 is 3.48. The van der Waals surface area contributed by atoms with E-state index >= 15 is 0 Å². The highest BCUT2D eigenvalue weighted by Gasteiger charge is 2.44. The Morgan fingerprint density at radius 2 is 2.17 bits per heavy atom. The number of carbonyl (C=O) groups is 1. The zero-order valence-electron chi connectivity index (χ0n) is 10.1. The van der Waals surface area contributed by atoms with Crippen LogP contribution in [0.4, 0.5) is 0 Å². The summed E-state index contributed by atoms with van der Waals surface area (Å²) in [5, 5.41) is 11.9. The number of nitrogens with one attached hydrogen (secondary N) is 1. The van der Waals surface area contributed by atoms with Crippen LogP contribution in [0.1, 0.15) is 24.8 Å². The van der Waals surface area contributed by atoms with E-state index in [0.29, 0.717) is 19.4 Å². The summed E-state index contributed by atoms with van der Waals surface area (Å²) in [6.07, 6.45) is 3.15. The lowest BCUT2D eigenvalue weighted by atomic mass is 9.69. The van der Waals surface area contributed by atoms with Crippen LogP contribution in [-0.4, -0.2) is 12.5 Å². The van der Waals surface area contributed by atoms with E-state index in [2.05, 4.69) is 27.3 Å². The maximum atomic E-state index is 11.9. The molecule has 1 aromatic carbocycles. The lowest BCUT2D eigenvalue weighted by molar-refractivity contribution is -0.131. The molecule has 0 atom stereocenters. The fourth-order valence-electron chi connectivity index (χ4n) is 2.10. The molecule has 94 valence electrons. The van der Waals surface area contributed by atoms with Gasteiger partial charge in [0.05, 0.1) is 6.07 Å². The summed E-state index contributed by atoms with van der Waals surface area (Å²) in [5.41, 5.74) is 0.422. The van der Waals surface area contributed by atoms with Gasteiger partial charge in [0.15, 0.2) is 0 Å². The van der Waals surface area contributed by atoms with Gasteiger partial charge in [-0.15, -0.1) is 0 Å². The molecule has 3 nitrogen and oxygen atoms in total. The van der Waals surface area contributed by atoms with E-state index in [1.165, 1.54) is 0 Å². The molecule has 18 heavy (non-hydrogen) atoms. The third kappa shape index (κ3) is 2.56. The first-order chi connectivity index (χ1) is 8.68. The Labute approximate surface area is 115 Å². The Morgan fingerprint density at radius 3 is 2.72 bits per heavy atom. The van der Waals surface area contributed by atoms with Crippen molar-refractivity contribution < 1.29 is 4.79 Å². The standard InChI is InChI=1S/C14H15BrN2O/c15-12-5-2-1-4-11(12)6-9-17-13(18)14(10-16)7-3-8-14/h1-2,4-5H,3,6-9H2,(H,17,18). The van der Waals surface area contributed by atoms with Gasteiger partial charge in [-0.05, 0) is 37.3 Å². The molecule has 0 saturated heterocycles. The lowest BCUT2D eigenvalue weighted by Crippen LogP contribution is -2.45. The monoisotopic (exact) mass is 306 g/mol. The van der Waals surface area contributed by atoms with Crippen molar-refractivity contribution in [1.29, 1.82) is 5.26 Å². The molecule has 1 saturated carbocycles. The van der Waals surface area contributed by atoms with Gasteiger partial charge >= 0.3 is 0 Å². The molecular formula is C14H15BrN2O. The highest BCUT2D eigenvalue weighted by atomic mass is 79.9. The van der Waals surface area contributed by atoms with E-state index < -0.39 is 5.41 Å². The minimum atomic E-state index is -0.742. The molecule has 0 aromatic heterocycles. The van der Waals surface area contributed by atoms with Gasteiger partial charge in [0.2, 0.25) is 5.91 Å². The van der Waals surface area contributed by atoms with Crippen molar-refractivity contribution in [2.24, 2.45) is 5.41 Å². The fraction of sp³-hybridized carbons (Fsp3) is 0.429. The number of hydrogen-bond donors (Lipinski definition) is 1. The van der Waals surface area contributed by atoms with Gasteiger partial charge in [-0.1, -0.05) is 34.1 Å². The lowest BCUT2D eigenvalue weighted by Gasteiger charge is -2.33. The highest BCUT2D eigenvalue weighted by molar-refractivity contribution is 9.10. The van der Waals surface area contributed by atoms with Crippen molar-refractivity contribution in [3.05, 3.63) is 34.3 Å². The van der Waals surface area contributed by atoms with Gasteiger partial charge in [0, 0.05) is 11.0 Å². The van der Waals surface area contributed by atoms with Crippen LogP contribution in [0.15, 0.2) is 28.7 Å². The Morgan fingerprint density at radius 1 is 1.44 bits per heavy atom. The largest absolute Gasteiger partial charge is 0.354 e. The molecule has 0 spiro atoms. The average molecular weight is 307 g/mol. The number of carbonyl (C=O) groups excluding carboxylic acids is 1. The summed E-state index contributed by atoms with van der Waals surface area (Å²) in [6.45, 7) is 0.574. The van der Waals surface area contributed by atoms with Crippen LogP contribution in [-0.2, 0) is 11.2 Å². The van der Waals surface area contributed by atoms with Gasteiger partial charge in [-0.25, -0.2) is 0 Å². The number of nitriles is 1. The number of halogens is 1. The van der Waals surface area contributed by atoms with Crippen LogP contribution >= 0.6 is 15.9 Å². The molecule has 0 bridgehead atoms. The topological polar surface area (TPSA) is 52.9 Å². The van der Waals surface area contributed by atoms with Crippen molar-refractivity contribution in [1.82, 2.24) is 5.32 Å². The van der Waals surface area contributed by atoms with E-state index in [9.17, 15) is 4.79 Å². The number of benzene rings is 1. The Kier molecular flexibility index (Phi) is 4.03. The van der Waals surface area contributed by atoms with Crippen LogP contribution < -0.4 is 5.32 Å². The molecular weight excluding hydrogens is 292 g/mol. The first-order valence-electron chi connectivity index (χ1n) is 6.11. The molecule has 0 heterocycles. The van der Waals surface area contributed by atoms with Crippen LogP contribution in [0.3, 0.4) is 0 Å². The summed E-state index contributed by atoms with van der Waals surface area (Å²) in [5.74, 6) is -0.108. The Balaban J connectivity index is 1.85. The Bertz CT molecular complexity index is 489. The summed E-state index contributed by atoms with van der Waals surface area (Å²) in [6, 6.07) is 10.1. The summed E-state index contributed by atoms with van der Waals surface area (Å²) < 4.78 is 1.05. The normalized spacial score (nSPS) is 16.4. The van der Waals surface area contributed by atoms with Crippen molar-refractivity contribution in [3.63, 3.8) is 0 Å². The molecule has 1 aliphatic rings. The maximum absolute atomic E-state index is 11.9. The molecule has 1 amide bonds. The molecule has 4 heteroatoms. The molecule has 0 unspecified atom stereocenters. The number of hydrogen-bond acceptors (Lipinski definition) is 2. The van der Waals surface area contributed by atoms with Crippen LogP contribution in [0.5, 0.6) is 0 Å². The fourth-order valence-corrected chi connectivity index (χ4v) is 2.58. The third-order valence-electron chi connectivity index (χ3n) is 3.49. The molecule has 1 fully saturated rings. The second kappa shape index (κ2) is 5.53. The molecule has 0 aliphatic heterocycles. The van der Waals surface area contributed by atoms with Crippen LogP contribution in [0.25, 0.3) is 0 Å². The zero-order chi connectivity index (χ0) is 13.0. The number of nitrogens with zero attached hydrogens (tertiary/aromatic N) is 1. The number of amides is 1. The summed E-state index contributed by atoms with van der Waals surface area (Å²) in [7, 11) is 0. The van der Waals surface area contributed by atoms with Crippen molar-refractivity contribution in [3.8, 4) is 6.07 Å². The smallest absolute Gasteiger partial charge is 0.240 e.